The Morgan fingerprint density at radius 2 is 1.80 bits per heavy atom. The molecule has 8 nitrogen and oxygen atoms in total. The Bertz CT molecular complexity index is 1270. The van der Waals surface area contributed by atoms with Crippen molar-refractivity contribution >= 4 is 39.5 Å². The molecule has 0 unspecified atom stereocenters. The normalized spacial score (nSPS) is 17.1. The molecule has 1 aromatic carbocycles. The predicted octanol–water partition coefficient (Wildman–Crippen LogP) is 5.17. The topological polar surface area (TPSA) is 95.5 Å². The number of para-hydroxylation sites is 1. The maximum absolute atomic E-state index is 13.6. The molecule has 1 saturated heterocycles. The average Bonchev–Trinajstić information content (AvgIpc) is 3.43. The fourth-order valence-corrected chi connectivity index (χ4v) is 6.27. The van der Waals surface area contributed by atoms with E-state index >= 15 is 0 Å². The smallest absolute Gasteiger partial charge is 0.332 e. The van der Waals surface area contributed by atoms with E-state index in [0.717, 1.165) is 17.3 Å². The first-order chi connectivity index (χ1) is 17.0. The number of carbonyl (C=O) groups excluding carboxylic acids is 1. The molecule has 0 atom stereocenters. The number of fused-ring (bicyclic) bond motifs is 1. The van der Waals surface area contributed by atoms with Crippen LogP contribution in [0.1, 0.15) is 48.2 Å². The van der Waals surface area contributed by atoms with Crippen LogP contribution in [0.25, 0.3) is 10.9 Å². The van der Waals surface area contributed by atoms with Crippen molar-refractivity contribution in [2.24, 2.45) is 5.92 Å². The molecule has 2 fully saturated rings. The van der Waals surface area contributed by atoms with Crippen LogP contribution in [0.4, 0.5) is 11.4 Å². The van der Waals surface area contributed by atoms with Crippen LogP contribution in [-0.2, 0) is 6.54 Å². The molecule has 2 aromatic heterocycles. The summed E-state index contributed by atoms with van der Waals surface area (Å²) in [7, 11) is 0. The second-order valence-corrected chi connectivity index (χ2v) is 10.5. The largest absolute Gasteiger partial charge is 0.594 e. The van der Waals surface area contributed by atoms with Crippen LogP contribution >= 0.6 is 11.3 Å². The number of nitrogens with one attached hydrogen (secondary N) is 1. The van der Waals surface area contributed by atoms with Crippen molar-refractivity contribution < 1.29 is 9.66 Å². The SMILES string of the molecule is N=[N+]([O-])c1c(N2CCN(C(=O)c3cccs3)CC2)c2ccccc2n(CCC2CCCCC2)c1=O. The molecule has 0 radical (unpaired) electrons. The highest BCUT2D eigenvalue weighted by molar-refractivity contribution is 7.12. The van der Waals surface area contributed by atoms with Gasteiger partial charge < -0.3 is 19.6 Å². The van der Waals surface area contributed by atoms with E-state index in [1.165, 1.54) is 43.4 Å². The molecule has 1 saturated carbocycles. The fourth-order valence-electron chi connectivity index (χ4n) is 5.58. The zero-order valence-electron chi connectivity index (χ0n) is 19.8. The van der Waals surface area contributed by atoms with Gasteiger partial charge in [0.2, 0.25) is 0 Å². The van der Waals surface area contributed by atoms with E-state index in [9.17, 15) is 14.8 Å². The van der Waals surface area contributed by atoms with Crippen LogP contribution in [0.15, 0.2) is 46.6 Å². The molecule has 1 aliphatic heterocycles. The van der Waals surface area contributed by atoms with Gasteiger partial charge >= 0.3 is 11.2 Å². The minimum absolute atomic E-state index is 0.00815. The number of pyridine rings is 1. The van der Waals surface area contributed by atoms with E-state index in [1.807, 2.05) is 51.6 Å². The van der Waals surface area contributed by atoms with Crippen molar-refractivity contribution in [2.45, 2.75) is 45.1 Å². The Hall–Kier alpha value is -3.20. The molecular formula is C26H31N5O3S. The van der Waals surface area contributed by atoms with Crippen molar-refractivity contribution in [2.75, 3.05) is 31.1 Å². The number of nitrogens with zero attached hydrogens (tertiary/aromatic N) is 4. The summed E-state index contributed by atoms with van der Waals surface area (Å²) in [6, 6.07) is 11.4. The van der Waals surface area contributed by atoms with Gasteiger partial charge in [-0.25, -0.2) is 0 Å². The zero-order valence-corrected chi connectivity index (χ0v) is 20.6. The van der Waals surface area contributed by atoms with Gasteiger partial charge in [0.05, 0.1) is 10.4 Å². The molecule has 3 heterocycles. The molecule has 5 rings (SSSR count). The van der Waals surface area contributed by atoms with Crippen molar-refractivity contribution in [3.05, 3.63) is 62.2 Å². The third-order valence-electron chi connectivity index (χ3n) is 7.43. The molecular weight excluding hydrogens is 462 g/mol. The van der Waals surface area contributed by atoms with Crippen molar-refractivity contribution in [3.8, 4) is 0 Å². The maximum Gasteiger partial charge on any atom is 0.332 e. The molecule has 9 heteroatoms. The lowest BCUT2D eigenvalue weighted by Gasteiger charge is -2.36. The number of amides is 1. The van der Waals surface area contributed by atoms with Crippen LogP contribution in [0, 0.1) is 16.7 Å². The summed E-state index contributed by atoms with van der Waals surface area (Å²) in [5, 5.41) is 15.1. The van der Waals surface area contributed by atoms with Crippen LogP contribution in [0.2, 0.25) is 0 Å². The van der Waals surface area contributed by atoms with Crippen molar-refractivity contribution in [3.63, 3.8) is 0 Å². The highest BCUT2D eigenvalue weighted by Gasteiger charge is 2.31. The number of piperazine rings is 1. The summed E-state index contributed by atoms with van der Waals surface area (Å²) in [6.45, 7) is 2.52. The van der Waals surface area contributed by atoms with E-state index in [0.29, 0.717) is 49.2 Å². The summed E-state index contributed by atoms with van der Waals surface area (Å²) in [5.74, 6) is 0.611. The molecule has 35 heavy (non-hydrogen) atoms. The molecule has 1 N–H and O–H groups in total. The lowest BCUT2D eigenvalue weighted by molar-refractivity contribution is -0.466. The van der Waals surface area contributed by atoms with Gasteiger partial charge in [0, 0.05) is 38.1 Å². The molecule has 1 aliphatic carbocycles. The third-order valence-corrected chi connectivity index (χ3v) is 8.28. The second kappa shape index (κ2) is 10.2. The lowest BCUT2D eigenvalue weighted by Crippen LogP contribution is -2.49. The first kappa shape index (κ1) is 23.5. The number of hydrogen-bond acceptors (Lipinski definition) is 6. The standard InChI is InChI=1S/C26H31N5O3S/c27-31(34)24-23(28-14-16-29(17-15-28)25(32)22-11-6-18-35-22)20-9-4-5-10-21(20)30(26(24)33)13-12-19-7-2-1-3-8-19/h4-6,9-11,18-19,27H,1-3,7-8,12-17H2. The van der Waals surface area contributed by atoms with Crippen molar-refractivity contribution in [1.29, 1.82) is 5.53 Å². The predicted molar refractivity (Wildman–Crippen MR) is 138 cm³/mol. The van der Waals surface area contributed by atoms with E-state index < -0.39 is 5.56 Å². The molecule has 0 bridgehead atoms. The number of anilines is 1. The van der Waals surface area contributed by atoms with Crippen LogP contribution < -0.4 is 10.5 Å². The van der Waals surface area contributed by atoms with Gasteiger partial charge in [-0.1, -0.05) is 56.4 Å². The number of hydrogen-bond donors (Lipinski definition) is 1. The van der Waals surface area contributed by atoms with Gasteiger partial charge in [0.1, 0.15) is 5.69 Å². The molecule has 1 amide bonds. The number of thiophene rings is 1. The van der Waals surface area contributed by atoms with Crippen LogP contribution in [-0.4, -0.2) is 46.4 Å². The third kappa shape index (κ3) is 4.69. The average molecular weight is 494 g/mol. The van der Waals surface area contributed by atoms with Crippen LogP contribution in [0.3, 0.4) is 0 Å². The van der Waals surface area contributed by atoms with Gasteiger partial charge in [0.15, 0.2) is 0 Å². The highest BCUT2D eigenvalue weighted by Crippen LogP contribution is 2.35. The maximum atomic E-state index is 13.6. The van der Waals surface area contributed by atoms with Gasteiger partial charge in [-0.2, -0.15) is 0 Å². The Labute approximate surface area is 208 Å². The minimum atomic E-state index is -0.406. The number of benzene rings is 1. The first-order valence-corrected chi connectivity index (χ1v) is 13.3. The quantitative estimate of drug-likeness (QED) is 0.291. The Morgan fingerprint density at radius 1 is 1.06 bits per heavy atom. The van der Waals surface area contributed by atoms with E-state index in [4.69, 9.17) is 5.53 Å². The monoisotopic (exact) mass is 493 g/mol. The van der Waals surface area contributed by atoms with Gasteiger partial charge in [0.25, 0.3) is 5.91 Å². The number of carbonyl (C=O) groups is 1. The highest BCUT2D eigenvalue weighted by atomic mass is 32.1. The molecule has 0 spiro atoms. The Morgan fingerprint density at radius 3 is 2.49 bits per heavy atom. The summed E-state index contributed by atoms with van der Waals surface area (Å²) >= 11 is 1.43. The van der Waals surface area contributed by atoms with E-state index in [2.05, 4.69) is 0 Å². The summed E-state index contributed by atoms with van der Waals surface area (Å²) < 4.78 is 1.69. The van der Waals surface area contributed by atoms with E-state index in [1.54, 1.807) is 4.57 Å². The van der Waals surface area contributed by atoms with Crippen molar-refractivity contribution in [1.82, 2.24) is 9.47 Å². The molecule has 3 aromatic rings. The van der Waals surface area contributed by atoms with Crippen LogP contribution in [0.5, 0.6) is 0 Å². The Balaban J connectivity index is 1.46. The summed E-state index contributed by atoms with van der Waals surface area (Å²) in [5.41, 5.74) is 8.66. The molecule has 2 aliphatic rings. The van der Waals surface area contributed by atoms with Gasteiger partial charge in [-0.15, -0.1) is 11.3 Å². The zero-order chi connectivity index (χ0) is 24.4. The number of rotatable bonds is 6. The summed E-state index contributed by atoms with van der Waals surface area (Å²) in [6.07, 6.45) is 7.06. The lowest BCUT2D eigenvalue weighted by atomic mass is 9.87. The minimum Gasteiger partial charge on any atom is -0.594 e. The van der Waals surface area contributed by atoms with Gasteiger partial charge in [-0.05, 0) is 40.2 Å². The first-order valence-electron chi connectivity index (χ1n) is 12.5. The number of aromatic nitrogens is 1. The number of aryl methyl sites for hydroxylation is 1. The Kier molecular flexibility index (Phi) is 6.86. The molecule has 184 valence electrons. The second-order valence-electron chi connectivity index (χ2n) is 9.51. The van der Waals surface area contributed by atoms with E-state index in [-0.39, 0.29) is 16.5 Å². The van der Waals surface area contributed by atoms with Gasteiger partial charge in [-0.3, -0.25) is 9.59 Å². The summed E-state index contributed by atoms with van der Waals surface area (Å²) in [4.78, 5) is 30.9. The fraction of sp³-hybridized carbons (Fsp3) is 0.462.